The molecule has 0 aromatic carbocycles. The number of amides is 2. The summed E-state index contributed by atoms with van der Waals surface area (Å²) in [5.74, 6) is -1.71. The number of carboxylic acids is 1. The van der Waals surface area contributed by atoms with Crippen molar-refractivity contribution in [3.8, 4) is 0 Å². The van der Waals surface area contributed by atoms with E-state index in [0.29, 0.717) is 6.54 Å². The van der Waals surface area contributed by atoms with Crippen LogP contribution in [0.4, 0.5) is 4.79 Å². The van der Waals surface area contributed by atoms with Crippen LogP contribution in [0.3, 0.4) is 0 Å². The van der Waals surface area contributed by atoms with Gasteiger partial charge in [-0.2, -0.15) is 0 Å². The lowest BCUT2D eigenvalue weighted by Gasteiger charge is -2.23. The van der Waals surface area contributed by atoms with Gasteiger partial charge in [-0.05, 0) is 6.92 Å². The third-order valence-corrected chi connectivity index (χ3v) is 4.42. The zero-order valence-electron chi connectivity index (χ0n) is 11.5. The fourth-order valence-corrected chi connectivity index (χ4v) is 2.04. The highest BCUT2D eigenvalue weighted by molar-refractivity contribution is 7.91. The smallest absolute Gasteiger partial charge is 0.317 e. The number of sulfone groups is 1. The molecule has 0 aliphatic carbocycles. The van der Waals surface area contributed by atoms with Crippen LogP contribution in [0.1, 0.15) is 20.8 Å². The van der Waals surface area contributed by atoms with E-state index in [2.05, 4.69) is 5.32 Å². The predicted octanol–water partition coefficient (Wildman–Crippen LogP) is 0.173. The summed E-state index contributed by atoms with van der Waals surface area (Å²) in [5.41, 5.74) is 0. The molecule has 0 saturated carbocycles. The first-order valence-electron chi connectivity index (χ1n) is 6.19. The van der Waals surface area contributed by atoms with Crippen LogP contribution in [-0.4, -0.2) is 61.6 Å². The van der Waals surface area contributed by atoms with Gasteiger partial charge in [0.05, 0.1) is 11.7 Å². The Hall–Kier alpha value is -1.31. The normalized spacial score (nSPS) is 12.8. The molecule has 0 aliphatic heterocycles. The first-order chi connectivity index (χ1) is 8.73. The summed E-state index contributed by atoms with van der Waals surface area (Å²) < 4.78 is 22.5. The van der Waals surface area contributed by atoms with E-state index < -0.39 is 27.8 Å². The minimum Gasteiger partial charge on any atom is -0.481 e. The summed E-state index contributed by atoms with van der Waals surface area (Å²) in [4.78, 5) is 23.8. The van der Waals surface area contributed by atoms with E-state index in [0.717, 1.165) is 0 Å². The van der Waals surface area contributed by atoms with Crippen LogP contribution in [0.2, 0.25) is 0 Å². The van der Waals surface area contributed by atoms with E-state index in [9.17, 15) is 18.0 Å². The Bertz CT molecular complexity index is 407. The molecule has 19 heavy (non-hydrogen) atoms. The van der Waals surface area contributed by atoms with Crippen molar-refractivity contribution in [3.05, 3.63) is 0 Å². The Morgan fingerprint density at radius 3 is 2.32 bits per heavy atom. The Morgan fingerprint density at radius 1 is 1.32 bits per heavy atom. The van der Waals surface area contributed by atoms with Gasteiger partial charge < -0.3 is 15.3 Å². The number of carboxylic acid groups (broad SMARTS) is 1. The predicted molar refractivity (Wildman–Crippen MR) is 71.8 cm³/mol. The second-order valence-corrected chi connectivity index (χ2v) is 6.72. The van der Waals surface area contributed by atoms with E-state index in [4.69, 9.17) is 5.11 Å². The van der Waals surface area contributed by atoms with E-state index >= 15 is 0 Å². The number of nitrogens with zero attached hydrogens (tertiary/aromatic N) is 1. The molecule has 0 fully saturated rings. The molecular formula is C11H22N2O5S. The van der Waals surface area contributed by atoms with E-state index in [-0.39, 0.29) is 24.6 Å². The average molecular weight is 294 g/mol. The van der Waals surface area contributed by atoms with Crippen molar-refractivity contribution in [3.63, 3.8) is 0 Å². The molecule has 0 heterocycles. The van der Waals surface area contributed by atoms with Crippen molar-refractivity contribution in [2.75, 3.05) is 31.1 Å². The van der Waals surface area contributed by atoms with Crippen LogP contribution in [0, 0.1) is 5.92 Å². The number of nitrogens with one attached hydrogen (secondary N) is 1. The molecule has 0 spiro atoms. The first kappa shape index (κ1) is 17.7. The summed E-state index contributed by atoms with van der Waals surface area (Å²) in [6, 6.07) is -0.443. The highest BCUT2D eigenvalue weighted by atomic mass is 32.2. The van der Waals surface area contributed by atoms with Crippen LogP contribution < -0.4 is 5.32 Å². The van der Waals surface area contributed by atoms with Crippen LogP contribution in [0.15, 0.2) is 0 Å². The third-order valence-electron chi connectivity index (χ3n) is 2.71. The molecule has 0 aliphatic rings. The van der Waals surface area contributed by atoms with Crippen molar-refractivity contribution in [1.82, 2.24) is 10.2 Å². The first-order valence-corrected chi connectivity index (χ1v) is 8.01. The molecular weight excluding hydrogens is 272 g/mol. The molecule has 0 aromatic rings. The molecule has 8 heteroatoms. The minimum atomic E-state index is -3.11. The van der Waals surface area contributed by atoms with Crippen LogP contribution in [0.25, 0.3) is 0 Å². The number of carbonyl (C=O) groups excluding carboxylic acids is 1. The molecule has 1 unspecified atom stereocenters. The number of urea groups is 1. The molecule has 2 amide bonds. The molecule has 7 nitrogen and oxygen atoms in total. The molecule has 0 bridgehead atoms. The van der Waals surface area contributed by atoms with Crippen molar-refractivity contribution in [2.24, 2.45) is 5.92 Å². The van der Waals surface area contributed by atoms with Crippen molar-refractivity contribution in [1.29, 1.82) is 0 Å². The van der Waals surface area contributed by atoms with E-state index in [1.54, 1.807) is 13.8 Å². The summed E-state index contributed by atoms with van der Waals surface area (Å²) in [6.07, 6.45) is 0. The topological polar surface area (TPSA) is 104 Å². The maximum absolute atomic E-state index is 11.7. The zero-order chi connectivity index (χ0) is 15.1. The largest absolute Gasteiger partial charge is 0.481 e. The fraction of sp³-hybridized carbons (Fsp3) is 0.818. The van der Waals surface area contributed by atoms with Crippen molar-refractivity contribution >= 4 is 21.8 Å². The SMILES string of the molecule is CCN(CC(C)C(=O)O)C(=O)NCCS(=O)(=O)CC. The molecule has 0 saturated heterocycles. The Balaban J connectivity index is 4.26. The molecule has 0 rings (SSSR count). The molecule has 0 aromatic heterocycles. The van der Waals surface area contributed by atoms with Crippen LogP contribution >= 0.6 is 0 Å². The van der Waals surface area contributed by atoms with Gasteiger partial charge in [0, 0.05) is 25.4 Å². The fourth-order valence-electron chi connectivity index (χ4n) is 1.33. The number of carbonyl (C=O) groups is 2. The van der Waals surface area contributed by atoms with Gasteiger partial charge in [0.25, 0.3) is 0 Å². The summed E-state index contributed by atoms with van der Waals surface area (Å²) >= 11 is 0. The van der Waals surface area contributed by atoms with E-state index in [1.165, 1.54) is 11.8 Å². The average Bonchev–Trinajstić information content (AvgIpc) is 2.34. The van der Waals surface area contributed by atoms with Crippen LogP contribution in [-0.2, 0) is 14.6 Å². The number of hydrogen-bond donors (Lipinski definition) is 2. The second kappa shape index (κ2) is 7.98. The van der Waals surface area contributed by atoms with Gasteiger partial charge in [-0.25, -0.2) is 13.2 Å². The quantitative estimate of drug-likeness (QED) is 0.664. The van der Waals surface area contributed by atoms with Gasteiger partial charge in [0.2, 0.25) is 0 Å². The Morgan fingerprint density at radius 2 is 1.89 bits per heavy atom. The standard InChI is InChI=1S/C11H22N2O5S/c1-4-13(8-9(3)10(14)15)11(16)12-6-7-19(17,18)5-2/h9H,4-8H2,1-3H3,(H,12,16)(H,14,15). The Kier molecular flexibility index (Phi) is 7.43. The number of rotatable bonds is 8. The van der Waals surface area contributed by atoms with Gasteiger partial charge in [-0.15, -0.1) is 0 Å². The van der Waals surface area contributed by atoms with Gasteiger partial charge in [0.1, 0.15) is 0 Å². The lowest BCUT2D eigenvalue weighted by molar-refractivity contribution is -0.141. The maximum atomic E-state index is 11.7. The minimum absolute atomic E-state index is 0.0347. The highest BCUT2D eigenvalue weighted by Crippen LogP contribution is 2.00. The lowest BCUT2D eigenvalue weighted by atomic mass is 10.2. The Labute approximate surface area is 113 Å². The number of aliphatic carboxylic acids is 1. The van der Waals surface area contributed by atoms with Crippen molar-refractivity contribution < 1.29 is 23.1 Å². The third kappa shape index (κ3) is 7.00. The van der Waals surface area contributed by atoms with Crippen molar-refractivity contribution in [2.45, 2.75) is 20.8 Å². The monoisotopic (exact) mass is 294 g/mol. The molecule has 2 N–H and O–H groups in total. The number of hydrogen-bond acceptors (Lipinski definition) is 4. The zero-order valence-corrected chi connectivity index (χ0v) is 12.4. The molecule has 1 atom stereocenters. The van der Waals surface area contributed by atoms with Gasteiger partial charge in [0.15, 0.2) is 9.84 Å². The summed E-state index contributed by atoms with van der Waals surface area (Å²) in [7, 11) is -3.11. The lowest BCUT2D eigenvalue weighted by Crippen LogP contribution is -2.44. The van der Waals surface area contributed by atoms with Gasteiger partial charge in [-0.3, -0.25) is 4.79 Å². The maximum Gasteiger partial charge on any atom is 0.317 e. The van der Waals surface area contributed by atoms with E-state index in [1.807, 2.05) is 0 Å². The van der Waals surface area contributed by atoms with Crippen LogP contribution in [0.5, 0.6) is 0 Å². The molecule has 112 valence electrons. The molecule has 0 radical (unpaired) electrons. The van der Waals surface area contributed by atoms with Gasteiger partial charge >= 0.3 is 12.0 Å². The summed E-state index contributed by atoms with van der Waals surface area (Å²) in [5, 5.41) is 11.3. The van der Waals surface area contributed by atoms with Gasteiger partial charge in [-0.1, -0.05) is 13.8 Å². The second-order valence-electron chi connectivity index (χ2n) is 4.25. The highest BCUT2D eigenvalue weighted by Gasteiger charge is 2.19. The summed E-state index contributed by atoms with van der Waals surface area (Å²) in [6.45, 7) is 5.29.